The molecule has 1 aromatic heterocycles. The van der Waals surface area contributed by atoms with Crippen LogP contribution in [0, 0.1) is 6.92 Å². The first-order valence-corrected chi connectivity index (χ1v) is 9.30. The molecule has 2 heterocycles. The number of nitrogens with zero attached hydrogens (tertiary/aromatic N) is 2. The summed E-state index contributed by atoms with van der Waals surface area (Å²) in [7, 11) is 0. The van der Waals surface area contributed by atoms with E-state index in [2.05, 4.69) is 44.7 Å². The lowest BCUT2D eigenvalue weighted by molar-refractivity contribution is -0.0292. The lowest BCUT2D eigenvalue weighted by Gasteiger charge is -2.33. The van der Waals surface area contributed by atoms with E-state index in [1.54, 1.807) is 0 Å². The molecule has 6 heteroatoms. The van der Waals surface area contributed by atoms with Crippen LogP contribution in [0.1, 0.15) is 21.6 Å². The summed E-state index contributed by atoms with van der Waals surface area (Å²) in [6.45, 7) is 5.77. The molecule has 0 bridgehead atoms. The number of rotatable bonds is 5. The maximum Gasteiger partial charge on any atom is 0.272 e. The topological polar surface area (TPSA) is 70.2 Å². The van der Waals surface area contributed by atoms with E-state index < -0.39 is 0 Å². The number of hydrogen-bond acceptors (Lipinski definition) is 4. The van der Waals surface area contributed by atoms with Crippen LogP contribution in [0.15, 0.2) is 48.5 Å². The quantitative estimate of drug-likeness (QED) is 0.730. The van der Waals surface area contributed by atoms with Crippen LogP contribution in [0.2, 0.25) is 0 Å². The van der Waals surface area contributed by atoms with Gasteiger partial charge in [0.25, 0.3) is 5.91 Å². The highest BCUT2D eigenvalue weighted by Gasteiger charge is 2.22. The number of carbonyl (C=O) groups is 1. The fraction of sp³-hybridized carbons (Fsp3) is 0.333. The number of nitrogens with one attached hydrogen (secondary N) is 2. The molecule has 1 aliphatic heterocycles. The summed E-state index contributed by atoms with van der Waals surface area (Å²) in [6.07, 6.45) is -0.0154. The van der Waals surface area contributed by atoms with Crippen LogP contribution in [0.4, 0.5) is 0 Å². The SMILES string of the molecule is Cc1ccc2[nH]nc(C(=O)NCC3CN(Cc4ccccc4)CCO3)c2c1. The average Bonchev–Trinajstić information content (AvgIpc) is 3.10. The number of aromatic amines is 1. The fourth-order valence-corrected chi connectivity index (χ4v) is 3.48. The minimum absolute atomic E-state index is 0.0154. The van der Waals surface area contributed by atoms with Crippen molar-refractivity contribution in [1.29, 1.82) is 0 Å². The van der Waals surface area contributed by atoms with Crippen molar-refractivity contribution in [1.82, 2.24) is 20.4 Å². The highest BCUT2D eigenvalue weighted by Crippen LogP contribution is 2.17. The molecule has 2 aromatic carbocycles. The van der Waals surface area contributed by atoms with Crippen molar-refractivity contribution in [3.05, 3.63) is 65.4 Å². The van der Waals surface area contributed by atoms with Gasteiger partial charge in [0.1, 0.15) is 0 Å². The number of ether oxygens (including phenoxy) is 1. The molecule has 0 spiro atoms. The third kappa shape index (κ3) is 4.18. The summed E-state index contributed by atoms with van der Waals surface area (Å²) in [5.41, 5.74) is 3.70. The zero-order valence-corrected chi connectivity index (χ0v) is 15.4. The molecule has 1 aliphatic rings. The standard InChI is InChI=1S/C21H24N4O2/c1-15-7-8-19-18(11-15)20(24-23-19)21(26)22-12-17-14-25(9-10-27-17)13-16-5-3-2-4-6-16/h2-8,11,17H,9-10,12-14H2,1H3,(H,22,26)(H,23,24). The predicted octanol–water partition coefficient (Wildman–Crippen LogP) is 2.50. The molecule has 1 saturated heterocycles. The highest BCUT2D eigenvalue weighted by atomic mass is 16.5. The third-order valence-electron chi connectivity index (χ3n) is 4.90. The Morgan fingerprint density at radius 2 is 2.15 bits per heavy atom. The van der Waals surface area contributed by atoms with Crippen molar-refractivity contribution in [2.75, 3.05) is 26.2 Å². The number of benzene rings is 2. The summed E-state index contributed by atoms with van der Waals surface area (Å²) in [5.74, 6) is -0.171. The minimum atomic E-state index is -0.171. The number of aromatic nitrogens is 2. The lowest BCUT2D eigenvalue weighted by Crippen LogP contribution is -2.47. The summed E-state index contributed by atoms with van der Waals surface area (Å²) < 4.78 is 5.84. The van der Waals surface area contributed by atoms with Gasteiger partial charge in [0.2, 0.25) is 0 Å². The van der Waals surface area contributed by atoms with E-state index in [4.69, 9.17) is 4.74 Å². The molecule has 27 heavy (non-hydrogen) atoms. The van der Waals surface area contributed by atoms with Crippen molar-refractivity contribution in [2.24, 2.45) is 0 Å². The molecular formula is C21H24N4O2. The van der Waals surface area contributed by atoms with Crippen LogP contribution in [0.3, 0.4) is 0 Å². The van der Waals surface area contributed by atoms with Crippen molar-refractivity contribution in [2.45, 2.75) is 19.6 Å². The van der Waals surface area contributed by atoms with Gasteiger partial charge in [-0.3, -0.25) is 14.8 Å². The molecule has 0 saturated carbocycles. The first-order chi connectivity index (χ1) is 13.2. The average molecular weight is 364 g/mol. The van der Waals surface area contributed by atoms with E-state index in [0.717, 1.165) is 36.1 Å². The van der Waals surface area contributed by atoms with Crippen molar-refractivity contribution in [3.63, 3.8) is 0 Å². The lowest BCUT2D eigenvalue weighted by atomic mass is 10.1. The zero-order chi connectivity index (χ0) is 18.6. The number of morpholine rings is 1. The van der Waals surface area contributed by atoms with E-state index in [-0.39, 0.29) is 12.0 Å². The summed E-state index contributed by atoms with van der Waals surface area (Å²) in [5, 5.41) is 10.9. The Labute approximate surface area is 158 Å². The molecule has 4 rings (SSSR count). The van der Waals surface area contributed by atoms with Crippen LogP contribution < -0.4 is 5.32 Å². The molecule has 1 unspecified atom stereocenters. The monoisotopic (exact) mass is 364 g/mol. The second kappa shape index (κ2) is 7.90. The van der Waals surface area contributed by atoms with Crippen LogP contribution in [0.5, 0.6) is 0 Å². The molecule has 1 fully saturated rings. The highest BCUT2D eigenvalue weighted by molar-refractivity contribution is 6.04. The Morgan fingerprint density at radius 1 is 1.30 bits per heavy atom. The van der Waals surface area contributed by atoms with Gasteiger partial charge in [0.15, 0.2) is 5.69 Å². The normalized spacial score (nSPS) is 17.9. The summed E-state index contributed by atoms with van der Waals surface area (Å²) in [4.78, 5) is 14.9. The molecule has 6 nitrogen and oxygen atoms in total. The van der Waals surface area contributed by atoms with Crippen molar-refractivity contribution >= 4 is 16.8 Å². The number of amides is 1. The van der Waals surface area contributed by atoms with Crippen LogP contribution >= 0.6 is 0 Å². The fourth-order valence-electron chi connectivity index (χ4n) is 3.48. The Kier molecular flexibility index (Phi) is 5.18. The van der Waals surface area contributed by atoms with Crippen LogP contribution in [-0.4, -0.2) is 53.3 Å². The van der Waals surface area contributed by atoms with E-state index >= 15 is 0 Å². The Morgan fingerprint density at radius 3 is 3.00 bits per heavy atom. The molecule has 2 N–H and O–H groups in total. The molecule has 0 aliphatic carbocycles. The Hall–Kier alpha value is -2.70. The first-order valence-electron chi connectivity index (χ1n) is 9.30. The van der Waals surface area contributed by atoms with Gasteiger partial charge in [-0.05, 0) is 24.6 Å². The van der Waals surface area contributed by atoms with Gasteiger partial charge < -0.3 is 10.1 Å². The van der Waals surface area contributed by atoms with E-state index in [1.807, 2.05) is 31.2 Å². The molecule has 140 valence electrons. The van der Waals surface area contributed by atoms with E-state index in [9.17, 15) is 4.79 Å². The van der Waals surface area contributed by atoms with E-state index in [1.165, 1.54) is 5.56 Å². The van der Waals surface area contributed by atoms with Crippen molar-refractivity contribution in [3.8, 4) is 0 Å². The summed E-state index contributed by atoms with van der Waals surface area (Å²) in [6, 6.07) is 16.3. The second-order valence-electron chi connectivity index (χ2n) is 7.04. The maximum absolute atomic E-state index is 12.6. The van der Waals surface area contributed by atoms with Crippen LogP contribution in [-0.2, 0) is 11.3 Å². The molecule has 3 aromatic rings. The molecular weight excluding hydrogens is 340 g/mol. The van der Waals surface area contributed by atoms with Gasteiger partial charge in [0.05, 0.1) is 18.2 Å². The van der Waals surface area contributed by atoms with Gasteiger partial charge in [-0.2, -0.15) is 5.10 Å². The first kappa shape index (κ1) is 17.7. The minimum Gasteiger partial charge on any atom is -0.374 e. The second-order valence-corrected chi connectivity index (χ2v) is 7.04. The largest absolute Gasteiger partial charge is 0.374 e. The third-order valence-corrected chi connectivity index (χ3v) is 4.90. The summed E-state index contributed by atoms with van der Waals surface area (Å²) >= 11 is 0. The molecule has 0 radical (unpaired) electrons. The number of aryl methyl sites for hydroxylation is 1. The molecule has 1 atom stereocenters. The molecule has 1 amide bonds. The van der Waals surface area contributed by atoms with Gasteiger partial charge >= 0.3 is 0 Å². The van der Waals surface area contributed by atoms with Crippen molar-refractivity contribution < 1.29 is 9.53 Å². The zero-order valence-electron chi connectivity index (χ0n) is 15.4. The van der Waals surface area contributed by atoms with Gasteiger partial charge in [-0.25, -0.2) is 0 Å². The smallest absolute Gasteiger partial charge is 0.272 e. The van der Waals surface area contributed by atoms with Crippen LogP contribution in [0.25, 0.3) is 10.9 Å². The van der Waals surface area contributed by atoms with E-state index in [0.29, 0.717) is 18.8 Å². The van der Waals surface area contributed by atoms with Gasteiger partial charge in [0, 0.05) is 31.6 Å². The van der Waals surface area contributed by atoms with Gasteiger partial charge in [-0.1, -0.05) is 42.0 Å². The Balaban J connectivity index is 1.35. The Bertz CT molecular complexity index is 922. The number of carbonyl (C=O) groups excluding carboxylic acids is 1. The number of hydrogen-bond donors (Lipinski definition) is 2. The maximum atomic E-state index is 12.6. The number of fused-ring (bicyclic) bond motifs is 1. The van der Waals surface area contributed by atoms with Gasteiger partial charge in [-0.15, -0.1) is 0 Å². The predicted molar refractivity (Wildman–Crippen MR) is 105 cm³/mol. The number of H-pyrrole nitrogens is 1.